The Morgan fingerprint density at radius 1 is 1.22 bits per heavy atom. The SMILES string of the molecule is N#Cc1ccc2ccc(=O)n(C3CCC(NC(=O)O)CC3)c2c1. The van der Waals surface area contributed by atoms with Crippen LogP contribution in [0.15, 0.2) is 35.1 Å². The molecule has 0 unspecified atom stereocenters. The van der Waals surface area contributed by atoms with Crippen LogP contribution in [0.1, 0.15) is 37.3 Å². The van der Waals surface area contributed by atoms with Crippen molar-refractivity contribution in [2.45, 2.75) is 37.8 Å². The van der Waals surface area contributed by atoms with Crippen molar-refractivity contribution in [3.05, 3.63) is 46.2 Å². The minimum atomic E-state index is -1.01. The highest BCUT2D eigenvalue weighted by atomic mass is 16.4. The van der Waals surface area contributed by atoms with Gasteiger partial charge in [0, 0.05) is 18.2 Å². The molecule has 0 spiro atoms. The largest absolute Gasteiger partial charge is 0.465 e. The maximum atomic E-state index is 12.4. The predicted molar refractivity (Wildman–Crippen MR) is 85.4 cm³/mol. The lowest BCUT2D eigenvalue weighted by Crippen LogP contribution is -2.38. The third-order valence-electron chi connectivity index (χ3n) is 4.45. The van der Waals surface area contributed by atoms with Gasteiger partial charge in [0.25, 0.3) is 5.56 Å². The van der Waals surface area contributed by atoms with Gasteiger partial charge >= 0.3 is 6.09 Å². The lowest BCUT2D eigenvalue weighted by molar-refractivity contribution is 0.182. The Labute approximate surface area is 133 Å². The number of nitrogens with one attached hydrogen (secondary N) is 1. The van der Waals surface area contributed by atoms with E-state index in [2.05, 4.69) is 11.4 Å². The fourth-order valence-corrected chi connectivity index (χ4v) is 3.35. The summed E-state index contributed by atoms with van der Waals surface area (Å²) in [6, 6.07) is 10.7. The molecule has 0 radical (unpaired) electrons. The molecule has 6 heteroatoms. The number of amides is 1. The lowest BCUT2D eigenvalue weighted by Gasteiger charge is -2.30. The molecule has 3 rings (SSSR count). The monoisotopic (exact) mass is 311 g/mol. The van der Waals surface area contributed by atoms with Crippen LogP contribution in [0.3, 0.4) is 0 Å². The van der Waals surface area contributed by atoms with Crippen LogP contribution < -0.4 is 10.9 Å². The second kappa shape index (κ2) is 6.13. The molecule has 1 heterocycles. The lowest BCUT2D eigenvalue weighted by atomic mass is 9.90. The van der Waals surface area contributed by atoms with E-state index in [1.165, 1.54) is 0 Å². The molecular weight excluding hydrogens is 294 g/mol. The Hall–Kier alpha value is -2.81. The molecule has 23 heavy (non-hydrogen) atoms. The van der Waals surface area contributed by atoms with E-state index in [-0.39, 0.29) is 17.6 Å². The summed E-state index contributed by atoms with van der Waals surface area (Å²) >= 11 is 0. The number of pyridine rings is 1. The number of carbonyl (C=O) groups is 1. The van der Waals surface area contributed by atoms with Crippen molar-refractivity contribution >= 4 is 17.0 Å². The van der Waals surface area contributed by atoms with Gasteiger partial charge in [0.05, 0.1) is 17.1 Å². The van der Waals surface area contributed by atoms with Crippen LogP contribution >= 0.6 is 0 Å². The van der Waals surface area contributed by atoms with Crippen LogP contribution in [0.25, 0.3) is 10.9 Å². The minimum Gasteiger partial charge on any atom is -0.465 e. The van der Waals surface area contributed by atoms with E-state index in [0.717, 1.165) is 23.7 Å². The first kappa shape index (κ1) is 15.1. The number of aromatic nitrogens is 1. The van der Waals surface area contributed by atoms with Gasteiger partial charge in [-0.15, -0.1) is 0 Å². The highest BCUT2D eigenvalue weighted by Gasteiger charge is 2.24. The van der Waals surface area contributed by atoms with Crippen molar-refractivity contribution in [3.8, 4) is 6.07 Å². The summed E-state index contributed by atoms with van der Waals surface area (Å²) in [4.78, 5) is 23.1. The summed E-state index contributed by atoms with van der Waals surface area (Å²) in [6.45, 7) is 0. The maximum absolute atomic E-state index is 12.4. The van der Waals surface area contributed by atoms with Gasteiger partial charge in [-0.2, -0.15) is 5.26 Å². The molecule has 1 aliphatic carbocycles. The van der Waals surface area contributed by atoms with Crippen LogP contribution in [0.5, 0.6) is 0 Å². The van der Waals surface area contributed by atoms with E-state index in [0.29, 0.717) is 18.4 Å². The molecule has 1 amide bonds. The van der Waals surface area contributed by atoms with Crippen LogP contribution in [0, 0.1) is 11.3 Å². The fraction of sp³-hybridized carbons (Fsp3) is 0.353. The zero-order valence-corrected chi connectivity index (χ0v) is 12.5. The van der Waals surface area contributed by atoms with Crippen LogP contribution in [0.4, 0.5) is 4.79 Å². The molecule has 0 bridgehead atoms. The average Bonchev–Trinajstić information content (AvgIpc) is 2.55. The summed E-state index contributed by atoms with van der Waals surface area (Å²) in [5.41, 5.74) is 1.21. The van der Waals surface area contributed by atoms with Crippen LogP contribution in [-0.2, 0) is 0 Å². The Bertz CT molecular complexity index is 842. The second-order valence-corrected chi connectivity index (χ2v) is 5.88. The third-order valence-corrected chi connectivity index (χ3v) is 4.45. The van der Waals surface area contributed by atoms with Gasteiger partial charge in [0.15, 0.2) is 0 Å². The van der Waals surface area contributed by atoms with E-state index in [9.17, 15) is 9.59 Å². The van der Waals surface area contributed by atoms with Gasteiger partial charge in [0.2, 0.25) is 0 Å². The van der Waals surface area contributed by atoms with E-state index < -0.39 is 6.09 Å². The van der Waals surface area contributed by atoms with E-state index in [1.54, 1.807) is 28.8 Å². The van der Waals surface area contributed by atoms with Crippen molar-refractivity contribution in [2.75, 3.05) is 0 Å². The van der Waals surface area contributed by atoms with Crippen molar-refractivity contribution in [2.24, 2.45) is 0 Å². The molecule has 118 valence electrons. The second-order valence-electron chi connectivity index (χ2n) is 5.88. The van der Waals surface area contributed by atoms with Crippen molar-refractivity contribution in [1.29, 1.82) is 5.26 Å². The minimum absolute atomic E-state index is 0.0342. The van der Waals surface area contributed by atoms with E-state index in [4.69, 9.17) is 10.4 Å². The number of nitrogens with zero attached hydrogens (tertiary/aromatic N) is 2. The van der Waals surface area contributed by atoms with Gasteiger partial charge in [-0.3, -0.25) is 4.79 Å². The molecule has 0 saturated heterocycles. The number of fused-ring (bicyclic) bond motifs is 1. The number of hydrogen-bond acceptors (Lipinski definition) is 3. The van der Waals surface area contributed by atoms with E-state index >= 15 is 0 Å². The van der Waals surface area contributed by atoms with Crippen molar-refractivity contribution < 1.29 is 9.90 Å². The Kier molecular flexibility index (Phi) is 4.02. The number of benzene rings is 1. The van der Waals surface area contributed by atoms with Gasteiger partial charge in [-0.25, -0.2) is 4.79 Å². The zero-order chi connectivity index (χ0) is 16.4. The summed E-state index contributed by atoms with van der Waals surface area (Å²) in [5, 5.41) is 21.3. The first-order valence-electron chi connectivity index (χ1n) is 7.63. The Balaban J connectivity index is 1.94. The number of nitriles is 1. The van der Waals surface area contributed by atoms with E-state index in [1.807, 2.05) is 6.07 Å². The van der Waals surface area contributed by atoms with Crippen molar-refractivity contribution in [1.82, 2.24) is 9.88 Å². The standard InChI is InChI=1S/C17H17N3O3/c18-10-11-1-2-12-3-8-16(21)20(15(12)9-11)14-6-4-13(5-7-14)19-17(22)23/h1-3,8-9,13-14,19H,4-7H2,(H,22,23). The molecular formula is C17H17N3O3. The van der Waals surface area contributed by atoms with Crippen LogP contribution in [0.2, 0.25) is 0 Å². The van der Waals surface area contributed by atoms with Gasteiger partial charge in [-0.05, 0) is 49.3 Å². The summed E-state index contributed by atoms with van der Waals surface area (Å²) in [7, 11) is 0. The molecule has 1 saturated carbocycles. The average molecular weight is 311 g/mol. The number of hydrogen-bond donors (Lipinski definition) is 2. The quantitative estimate of drug-likeness (QED) is 0.891. The topological polar surface area (TPSA) is 95.1 Å². The Morgan fingerprint density at radius 3 is 2.57 bits per heavy atom. The molecule has 6 nitrogen and oxygen atoms in total. The summed E-state index contributed by atoms with van der Waals surface area (Å²) < 4.78 is 1.76. The summed E-state index contributed by atoms with van der Waals surface area (Å²) in [5.74, 6) is 0. The Morgan fingerprint density at radius 2 is 1.91 bits per heavy atom. The smallest absolute Gasteiger partial charge is 0.404 e. The first-order chi connectivity index (χ1) is 11.1. The van der Waals surface area contributed by atoms with Gasteiger partial charge in [-0.1, -0.05) is 6.07 Å². The van der Waals surface area contributed by atoms with Gasteiger partial charge in [0.1, 0.15) is 0 Å². The predicted octanol–water partition coefficient (Wildman–Crippen LogP) is 2.62. The molecule has 0 aliphatic heterocycles. The highest BCUT2D eigenvalue weighted by Crippen LogP contribution is 2.30. The molecule has 0 atom stereocenters. The third kappa shape index (κ3) is 3.04. The maximum Gasteiger partial charge on any atom is 0.404 e. The van der Waals surface area contributed by atoms with Crippen LogP contribution in [-0.4, -0.2) is 21.8 Å². The first-order valence-corrected chi connectivity index (χ1v) is 7.63. The number of rotatable bonds is 2. The highest BCUT2D eigenvalue weighted by molar-refractivity contribution is 5.80. The molecule has 2 N–H and O–H groups in total. The molecule has 2 aromatic rings. The van der Waals surface area contributed by atoms with Crippen molar-refractivity contribution in [3.63, 3.8) is 0 Å². The molecule has 1 aliphatic rings. The molecule has 1 fully saturated rings. The zero-order valence-electron chi connectivity index (χ0n) is 12.5. The normalized spacial score (nSPS) is 20.8. The fourth-order valence-electron chi connectivity index (χ4n) is 3.35. The summed E-state index contributed by atoms with van der Waals surface area (Å²) in [6.07, 6.45) is 1.88. The van der Waals surface area contributed by atoms with Gasteiger partial charge < -0.3 is 15.0 Å². The molecule has 1 aromatic carbocycles. The number of carboxylic acid groups (broad SMARTS) is 1. The molecule has 1 aromatic heterocycles.